The number of hydrogen-bond acceptors (Lipinski definition) is 7. The second kappa shape index (κ2) is 6.09. The van der Waals surface area contributed by atoms with Crippen molar-refractivity contribution in [2.75, 3.05) is 0 Å². The molecule has 2 fully saturated rings. The van der Waals surface area contributed by atoms with Gasteiger partial charge in [0.2, 0.25) is 17.1 Å². The van der Waals surface area contributed by atoms with Crippen molar-refractivity contribution in [1.29, 1.82) is 21.2 Å². The van der Waals surface area contributed by atoms with Crippen LogP contribution >= 0.6 is 11.3 Å². The zero-order valence-corrected chi connectivity index (χ0v) is 15.8. The van der Waals surface area contributed by atoms with Gasteiger partial charge in [-0.2, -0.15) is 15.8 Å². The summed E-state index contributed by atoms with van der Waals surface area (Å²) in [6, 6.07) is 8.24. The first-order chi connectivity index (χ1) is 12.4. The molecule has 6 nitrogen and oxygen atoms in total. The van der Waals surface area contributed by atoms with Gasteiger partial charge in [-0.05, 0) is 36.8 Å². The lowest BCUT2D eigenvalue weighted by Gasteiger charge is -2.49. The largest absolute Gasteiger partial charge is 0.447 e. The maximum atomic E-state index is 10.2. The molecule has 134 valence electrons. The van der Waals surface area contributed by atoms with Crippen molar-refractivity contribution >= 4 is 17.2 Å². The van der Waals surface area contributed by atoms with Crippen molar-refractivity contribution in [1.82, 2.24) is 0 Å². The molecule has 26 heavy (non-hydrogen) atoms. The Hall–Kier alpha value is -2.40. The Morgan fingerprint density at radius 2 is 1.92 bits per heavy atom. The van der Waals surface area contributed by atoms with Crippen molar-refractivity contribution in [3.63, 3.8) is 0 Å². The summed E-state index contributed by atoms with van der Waals surface area (Å²) in [5.74, 6) is -2.03. The minimum Gasteiger partial charge on any atom is -0.447 e. The number of hydrogen-bond donors (Lipinski definition) is 1. The zero-order chi connectivity index (χ0) is 19.2. The predicted octanol–water partition coefficient (Wildman–Crippen LogP) is 4.20. The van der Waals surface area contributed by atoms with E-state index < -0.39 is 28.6 Å². The van der Waals surface area contributed by atoms with Crippen LogP contribution in [0.1, 0.15) is 49.7 Å². The fourth-order valence-corrected chi connectivity index (χ4v) is 5.58. The lowest BCUT2D eigenvalue weighted by molar-refractivity contribution is -0.285. The van der Waals surface area contributed by atoms with Crippen molar-refractivity contribution < 1.29 is 9.47 Å². The number of nitrogens with zero attached hydrogens (tertiary/aromatic N) is 3. The van der Waals surface area contributed by atoms with Crippen LogP contribution in [0.5, 0.6) is 0 Å². The third kappa shape index (κ3) is 1.89. The van der Waals surface area contributed by atoms with E-state index in [9.17, 15) is 15.8 Å². The number of ether oxygens (including phenoxy) is 2. The lowest BCUT2D eigenvalue weighted by Crippen LogP contribution is -2.59. The van der Waals surface area contributed by atoms with Gasteiger partial charge in [0.25, 0.3) is 0 Å². The van der Waals surface area contributed by atoms with Gasteiger partial charge < -0.3 is 9.47 Å². The highest BCUT2D eigenvalue weighted by molar-refractivity contribution is 7.10. The molecule has 7 heteroatoms. The van der Waals surface area contributed by atoms with Crippen LogP contribution in [0.2, 0.25) is 0 Å². The molecule has 3 rings (SSSR count). The number of rotatable bonds is 4. The van der Waals surface area contributed by atoms with Gasteiger partial charge in [-0.25, -0.2) is 0 Å². The van der Waals surface area contributed by atoms with Crippen molar-refractivity contribution in [3.8, 4) is 18.2 Å². The normalized spacial score (nSPS) is 34.4. The molecule has 0 aliphatic carbocycles. The Morgan fingerprint density at radius 1 is 1.23 bits per heavy atom. The van der Waals surface area contributed by atoms with E-state index in [1.54, 1.807) is 0 Å². The second-order valence-electron chi connectivity index (χ2n) is 6.87. The molecule has 1 aromatic heterocycles. The summed E-state index contributed by atoms with van der Waals surface area (Å²) in [5.41, 5.74) is -2.60. The van der Waals surface area contributed by atoms with Crippen molar-refractivity contribution in [2.24, 2.45) is 16.7 Å². The van der Waals surface area contributed by atoms with Crippen LogP contribution in [-0.4, -0.2) is 11.7 Å². The molecule has 0 aromatic carbocycles. The third-order valence-corrected chi connectivity index (χ3v) is 6.76. The van der Waals surface area contributed by atoms with Gasteiger partial charge in [0.05, 0.1) is 24.1 Å². The van der Waals surface area contributed by atoms with E-state index in [1.807, 2.05) is 32.2 Å². The molecule has 2 bridgehead atoms. The minimum absolute atomic E-state index is 0.319. The average Bonchev–Trinajstić information content (AvgIpc) is 3.13. The van der Waals surface area contributed by atoms with E-state index >= 15 is 0 Å². The summed E-state index contributed by atoms with van der Waals surface area (Å²) in [6.07, 6.45) is 0.755. The van der Waals surface area contributed by atoms with Crippen molar-refractivity contribution in [3.05, 3.63) is 21.9 Å². The van der Waals surface area contributed by atoms with Gasteiger partial charge >= 0.3 is 0 Å². The molecule has 2 saturated heterocycles. The number of thiophene rings is 1. The van der Waals surface area contributed by atoms with E-state index in [0.29, 0.717) is 12.8 Å². The van der Waals surface area contributed by atoms with Gasteiger partial charge in [-0.1, -0.05) is 13.8 Å². The van der Waals surface area contributed by atoms with Crippen LogP contribution in [0.3, 0.4) is 0 Å². The van der Waals surface area contributed by atoms with Crippen LogP contribution in [0, 0.1) is 63.1 Å². The van der Waals surface area contributed by atoms with Gasteiger partial charge in [0.15, 0.2) is 5.41 Å². The quantitative estimate of drug-likeness (QED) is 0.855. The van der Waals surface area contributed by atoms with Crippen LogP contribution < -0.4 is 0 Å². The van der Waals surface area contributed by atoms with Gasteiger partial charge in [-0.15, -0.1) is 11.3 Å². The monoisotopic (exact) mass is 368 g/mol. The number of nitriles is 3. The van der Waals surface area contributed by atoms with Gasteiger partial charge in [-0.3, -0.25) is 5.41 Å². The maximum absolute atomic E-state index is 10.2. The molecule has 0 saturated carbocycles. The van der Waals surface area contributed by atoms with E-state index in [2.05, 4.69) is 18.2 Å². The molecule has 3 heterocycles. The molecule has 0 amide bonds. The molecular formula is C19H20N4O2S. The van der Waals surface area contributed by atoms with E-state index in [-0.39, 0.29) is 5.90 Å². The molecule has 1 aromatic rings. The molecule has 4 unspecified atom stereocenters. The smallest absolute Gasteiger partial charge is 0.217 e. The fourth-order valence-electron chi connectivity index (χ4n) is 4.56. The highest BCUT2D eigenvalue weighted by Gasteiger charge is 2.79. The SMILES string of the molecule is CCCC12OC(=N)C(C#N)(C1CC)C(C#N)(C#N)C(c1sccc1C)O2. The average molecular weight is 368 g/mol. The van der Waals surface area contributed by atoms with E-state index in [0.717, 1.165) is 16.9 Å². The van der Waals surface area contributed by atoms with Crippen LogP contribution in [0.25, 0.3) is 0 Å². The molecule has 0 spiro atoms. The molecular weight excluding hydrogens is 348 g/mol. The van der Waals surface area contributed by atoms with E-state index in [1.165, 1.54) is 11.3 Å². The van der Waals surface area contributed by atoms with Gasteiger partial charge in [0.1, 0.15) is 6.10 Å². The van der Waals surface area contributed by atoms with Crippen LogP contribution in [-0.2, 0) is 9.47 Å². The Kier molecular flexibility index (Phi) is 4.31. The van der Waals surface area contributed by atoms with Gasteiger partial charge in [0, 0.05) is 11.3 Å². The number of aryl methyl sites for hydroxylation is 1. The summed E-state index contributed by atoms with van der Waals surface area (Å²) in [6.45, 7) is 5.75. The first-order valence-corrected chi connectivity index (χ1v) is 9.54. The first-order valence-electron chi connectivity index (χ1n) is 8.66. The fraction of sp³-hybridized carbons (Fsp3) is 0.579. The minimum atomic E-state index is -1.84. The summed E-state index contributed by atoms with van der Waals surface area (Å²) in [4.78, 5) is 0.737. The van der Waals surface area contributed by atoms with Crippen LogP contribution in [0.4, 0.5) is 0 Å². The zero-order valence-electron chi connectivity index (χ0n) is 15.0. The Labute approximate surface area is 157 Å². The molecule has 4 atom stereocenters. The van der Waals surface area contributed by atoms with Crippen molar-refractivity contribution in [2.45, 2.75) is 51.9 Å². The maximum Gasteiger partial charge on any atom is 0.217 e. The van der Waals surface area contributed by atoms with E-state index in [4.69, 9.17) is 14.9 Å². The highest BCUT2D eigenvalue weighted by Crippen LogP contribution is 2.68. The second-order valence-corrected chi connectivity index (χ2v) is 7.82. The molecule has 2 aliphatic rings. The number of fused-ring (bicyclic) bond motifs is 2. The van der Waals surface area contributed by atoms with Crippen LogP contribution in [0.15, 0.2) is 11.4 Å². The molecule has 1 N–H and O–H groups in total. The first kappa shape index (κ1) is 18.4. The summed E-state index contributed by atoms with van der Waals surface area (Å²) >= 11 is 1.39. The Balaban J connectivity index is 2.36. The Bertz CT molecular complexity index is 859. The number of nitrogens with one attached hydrogen (secondary N) is 1. The summed E-state index contributed by atoms with van der Waals surface area (Å²) < 4.78 is 12.3. The highest BCUT2D eigenvalue weighted by atomic mass is 32.1. The predicted molar refractivity (Wildman–Crippen MR) is 94.8 cm³/mol. The summed E-state index contributed by atoms with van der Waals surface area (Å²) in [5, 5.41) is 40.7. The Morgan fingerprint density at radius 3 is 2.38 bits per heavy atom. The topological polar surface area (TPSA) is 114 Å². The standard InChI is InChI=1S/C19H20N4O2S/c1-4-7-19-13(5-2)18(11-22,16(23)25-19)17(9-20,10-21)15(24-19)14-12(3)6-8-26-14/h6,8,13,15,23H,4-5,7H2,1-3H3. The lowest BCUT2D eigenvalue weighted by atomic mass is 9.53. The summed E-state index contributed by atoms with van der Waals surface area (Å²) in [7, 11) is 0. The molecule has 2 aliphatic heterocycles. The third-order valence-electron chi connectivity index (χ3n) is 5.69. The molecule has 0 radical (unpaired) electrons.